The van der Waals surface area contributed by atoms with E-state index < -0.39 is 0 Å². The fraction of sp³-hybridized carbons (Fsp3) is 0.500. The van der Waals surface area contributed by atoms with E-state index in [2.05, 4.69) is 30.7 Å². The summed E-state index contributed by atoms with van der Waals surface area (Å²) in [5.74, 6) is 0.751. The normalized spacial score (nSPS) is 10.1. The number of ether oxygens (including phenoxy) is 2. The zero-order chi connectivity index (χ0) is 12.8. The Morgan fingerprint density at radius 1 is 1.18 bits per heavy atom. The standard InChI is InChI=1S/C14H20O3/c1-10-7-8-11(2)14(12(10)3)17-9-5-6-13(15)16-4/h7-8H,5-6,9H2,1-4H3. The average molecular weight is 236 g/mol. The Hall–Kier alpha value is -1.51. The van der Waals surface area contributed by atoms with Gasteiger partial charge in [0.15, 0.2) is 0 Å². The Balaban J connectivity index is 2.52. The maximum Gasteiger partial charge on any atom is 0.305 e. The molecule has 0 aliphatic heterocycles. The fourth-order valence-electron chi connectivity index (χ4n) is 1.64. The van der Waals surface area contributed by atoms with E-state index in [0.717, 1.165) is 11.3 Å². The minimum atomic E-state index is -0.189. The average Bonchev–Trinajstić information content (AvgIpc) is 2.32. The van der Waals surface area contributed by atoms with Gasteiger partial charge in [-0.05, 0) is 43.9 Å². The van der Waals surface area contributed by atoms with E-state index in [1.165, 1.54) is 18.2 Å². The van der Waals surface area contributed by atoms with Crippen LogP contribution >= 0.6 is 0 Å². The quantitative estimate of drug-likeness (QED) is 0.582. The number of carbonyl (C=O) groups is 1. The summed E-state index contributed by atoms with van der Waals surface area (Å²) in [4.78, 5) is 10.9. The molecule has 0 amide bonds. The van der Waals surface area contributed by atoms with Crippen LogP contribution in [0.5, 0.6) is 5.75 Å². The van der Waals surface area contributed by atoms with E-state index in [4.69, 9.17) is 4.74 Å². The number of rotatable bonds is 5. The maximum absolute atomic E-state index is 10.9. The van der Waals surface area contributed by atoms with Crippen LogP contribution in [0.25, 0.3) is 0 Å². The molecule has 0 saturated carbocycles. The predicted molar refractivity (Wildman–Crippen MR) is 67.4 cm³/mol. The van der Waals surface area contributed by atoms with Crippen molar-refractivity contribution in [2.75, 3.05) is 13.7 Å². The molecule has 94 valence electrons. The molecule has 3 heteroatoms. The fourth-order valence-corrected chi connectivity index (χ4v) is 1.64. The van der Waals surface area contributed by atoms with Crippen LogP contribution in [0.4, 0.5) is 0 Å². The van der Waals surface area contributed by atoms with E-state index in [-0.39, 0.29) is 5.97 Å². The molecule has 3 nitrogen and oxygen atoms in total. The van der Waals surface area contributed by atoms with Crippen molar-refractivity contribution in [1.29, 1.82) is 0 Å². The van der Waals surface area contributed by atoms with Crippen molar-refractivity contribution in [1.82, 2.24) is 0 Å². The summed E-state index contributed by atoms with van der Waals surface area (Å²) in [6.45, 7) is 6.69. The molecule has 0 heterocycles. The van der Waals surface area contributed by atoms with Crippen molar-refractivity contribution < 1.29 is 14.3 Å². The first-order chi connectivity index (χ1) is 8.06. The molecule has 0 bridgehead atoms. The van der Waals surface area contributed by atoms with Gasteiger partial charge in [-0.3, -0.25) is 4.79 Å². The molecule has 0 radical (unpaired) electrons. The lowest BCUT2D eigenvalue weighted by atomic mass is 10.1. The topological polar surface area (TPSA) is 35.5 Å². The van der Waals surface area contributed by atoms with Gasteiger partial charge in [0.2, 0.25) is 0 Å². The van der Waals surface area contributed by atoms with Crippen molar-refractivity contribution in [3.63, 3.8) is 0 Å². The molecule has 0 aliphatic rings. The third-order valence-electron chi connectivity index (χ3n) is 2.87. The van der Waals surface area contributed by atoms with E-state index in [9.17, 15) is 4.79 Å². The smallest absolute Gasteiger partial charge is 0.305 e. The van der Waals surface area contributed by atoms with Crippen molar-refractivity contribution in [3.05, 3.63) is 28.8 Å². The number of methoxy groups -OCH3 is 1. The van der Waals surface area contributed by atoms with Crippen molar-refractivity contribution in [2.24, 2.45) is 0 Å². The lowest BCUT2D eigenvalue weighted by Gasteiger charge is -2.13. The first kappa shape index (κ1) is 13.6. The second-order valence-electron chi connectivity index (χ2n) is 4.18. The lowest BCUT2D eigenvalue weighted by molar-refractivity contribution is -0.140. The molecule has 0 spiro atoms. The number of esters is 1. The second-order valence-corrected chi connectivity index (χ2v) is 4.18. The van der Waals surface area contributed by atoms with Gasteiger partial charge in [0.1, 0.15) is 5.75 Å². The molecular weight excluding hydrogens is 216 g/mol. The highest BCUT2D eigenvalue weighted by molar-refractivity contribution is 5.69. The van der Waals surface area contributed by atoms with Crippen LogP contribution < -0.4 is 4.74 Å². The van der Waals surface area contributed by atoms with Gasteiger partial charge in [0.25, 0.3) is 0 Å². The van der Waals surface area contributed by atoms with Crippen molar-refractivity contribution in [3.8, 4) is 5.75 Å². The molecule has 0 saturated heterocycles. The minimum absolute atomic E-state index is 0.189. The SMILES string of the molecule is COC(=O)CCCOc1c(C)ccc(C)c1C. The Morgan fingerprint density at radius 2 is 1.82 bits per heavy atom. The lowest BCUT2D eigenvalue weighted by Crippen LogP contribution is -2.06. The molecule has 0 fully saturated rings. The number of hydrogen-bond acceptors (Lipinski definition) is 3. The van der Waals surface area contributed by atoms with Crippen LogP contribution in [0.3, 0.4) is 0 Å². The molecule has 1 aromatic carbocycles. The Labute approximate surface area is 103 Å². The molecular formula is C14H20O3. The predicted octanol–water partition coefficient (Wildman–Crippen LogP) is 2.94. The van der Waals surface area contributed by atoms with Crippen LogP contribution in [-0.4, -0.2) is 19.7 Å². The number of aryl methyl sites for hydroxylation is 2. The van der Waals surface area contributed by atoms with Gasteiger partial charge in [-0.2, -0.15) is 0 Å². The van der Waals surface area contributed by atoms with Gasteiger partial charge < -0.3 is 9.47 Å². The van der Waals surface area contributed by atoms with Gasteiger partial charge >= 0.3 is 5.97 Å². The van der Waals surface area contributed by atoms with Crippen LogP contribution in [0.1, 0.15) is 29.5 Å². The summed E-state index contributed by atoms with van der Waals surface area (Å²) in [5, 5.41) is 0. The van der Waals surface area contributed by atoms with Crippen molar-refractivity contribution >= 4 is 5.97 Å². The Bertz CT molecular complexity index is 397. The van der Waals surface area contributed by atoms with Gasteiger partial charge in [0.05, 0.1) is 13.7 Å². The van der Waals surface area contributed by atoms with Crippen molar-refractivity contribution in [2.45, 2.75) is 33.6 Å². The van der Waals surface area contributed by atoms with Crippen LogP contribution in [-0.2, 0) is 9.53 Å². The summed E-state index contributed by atoms with van der Waals surface area (Å²) in [7, 11) is 1.40. The molecule has 0 aromatic heterocycles. The van der Waals surface area contributed by atoms with E-state index >= 15 is 0 Å². The summed E-state index contributed by atoms with van der Waals surface area (Å²) in [6, 6.07) is 4.14. The molecule has 1 aromatic rings. The molecule has 0 aliphatic carbocycles. The summed E-state index contributed by atoms with van der Waals surface area (Å²) in [5.41, 5.74) is 3.52. The van der Waals surface area contributed by atoms with E-state index in [1.807, 2.05) is 6.92 Å². The van der Waals surface area contributed by atoms with Gasteiger partial charge in [-0.1, -0.05) is 12.1 Å². The van der Waals surface area contributed by atoms with Gasteiger partial charge in [-0.25, -0.2) is 0 Å². The number of carbonyl (C=O) groups excluding carboxylic acids is 1. The molecule has 0 atom stereocenters. The first-order valence-corrected chi connectivity index (χ1v) is 5.82. The molecule has 17 heavy (non-hydrogen) atoms. The van der Waals surface area contributed by atoms with Crippen LogP contribution in [0.15, 0.2) is 12.1 Å². The van der Waals surface area contributed by atoms with Gasteiger partial charge in [0, 0.05) is 6.42 Å². The van der Waals surface area contributed by atoms with Crippen LogP contribution in [0.2, 0.25) is 0 Å². The highest BCUT2D eigenvalue weighted by Gasteiger charge is 2.06. The minimum Gasteiger partial charge on any atom is -0.493 e. The maximum atomic E-state index is 10.9. The monoisotopic (exact) mass is 236 g/mol. The molecule has 0 N–H and O–H groups in total. The molecule has 1 rings (SSSR count). The van der Waals surface area contributed by atoms with E-state index in [1.54, 1.807) is 0 Å². The van der Waals surface area contributed by atoms with Gasteiger partial charge in [-0.15, -0.1) is 0 Å². The third kappa shape index (κ3) is 3.77. The number of hydrogen-bond donors (Lipinski definition) is 0. The highest BCUT2D eigenvalue weighted by atomic mass is 16.5. The Morgan fingerprint density at radius 3 is 2.47 bits per heavy atom. The summed E-state index contributed by atoms with van der Waals surface area (Å²) < 4.78 is 10.3. The van der Waals surface area contributed by atoms with Crippen LogP contribution in [0, 0.1) is 20.8 Å². The second kappa shape index (κ2) is 6.28. The van der Waals surface area contributed by atoms with E-state index in [0.29, 0.717) is 19.4 Å². The largest absolute Gasteiger partial charge is 0.493 e. The zero-order valence-electron chi connectivity index (χ0n) is 11.0. The zero-order valence-corrected chi connectivity index (χ0v) is 11.0. The highest BCUT2D eigenvalue weighted by Crippen LogP contribution is 2.25. The number of benzene rings is 1. The Kier molecular flexibility index (Phi) is 5.01. The summed E-state index contributed by atoms with van der Waals surface area (Å²) in [6.07, 6.45) is 1.08. The summed E-state index contributed by atoms with van der Waals surface area (Å²) >= 11 is 0. The molecule has 0 unspecified atom stereocenters. The third-order valence-corrected chi connectivity index (χ3v) is 2.87. The first-order valence-electron chi connectivity index (χ1n) is 5.82.